The van der Waals surface area contributed by atoms with Crippen LogP contribution in [0.25, 0.3) is 0 Å². The zero-order chi connectivity index (χ0) is 23.1. The Morgan fingerprint density at radius 3 is 2.69 bits per heavy atom. The molecule has 174 valence electrons. The molecular weight excluding hydrogens is 461 g/mol. The minimum absolute atomic E-state index is 0.0800. The van der Waals surface area contributed by atoms with E-state index in [0.717, 1.165) is 0 Å². The molecule has 3 atom stereocenters. The number of carbonyl (C=O) groups is 1. The zero-order valence-corrected chi connectivity index (χ0v) is 18.7. The van der Waals surface area contributed by atoms with Crippen LogP contribution in [0.5, 0.6) is 0 Å². The van der Waals surface area contributed by atoms with Crippen molar-refractivity contribution in [3.05, 3.63) is 59.4 Å². The number of aliphatic hydroxyl groups excluding tert-OH is 1. The first kappa shape index (κ1) is 24.4. The van der Waals surface area contributed by atoms with Gasteiger partial charge in [-0.1, -0.05) is 23.7 Å². The van der Waals surface area contributed by atoms with Crippen LogP contribution in [0.2, 0.25) is 5.02 Å². The van der Waals surface area contributed by atoms with Crippen molar-refractivity contribution in [2.45, 2.75) is 42.4 Å². The first-order chi connectivity index (χ1) is 15.3. The van der Waals surface area contributed by atoms with Crippen LogP contribution in [0.15, 0.2) is 53.4 Å². The van der Waals surface area contributed by atoms with E-state index in [0.29, 0.717) is 30.0 Å². The van der Waals surface area contributed by atoms with E-state index >= 15 is 0 Å². The summed E-state index contributed by atoms with van der Waals surface area (Å²) in [4.78, 5) is 12.3. The Kier molecular flexibility index (Phi) is 8.44. The summed E-state index contributed by atoms with van der Waals surface area (Å²) in [5.41, 5.74) is 0.310. The Bertz CT molecular complexity index is 1040. The van der Waals surface area contributed by atoms with Crippen LogP contribution in [0.4, 0.5) is 14.9 Å². The Morgan fingerprint density at radius 1 is 1.19 bits per heavy atom. The van der Waals surface area contributed by atoms with Gasteiger partial charge in [-0.15, -0.1) is 0 Å². The van der Waals surface area contributed by atoms with Gasteiger partial charge in [-0.05, 0) is 55.7 Å². The molecule has 0 spiro atoms. The molecule has 1 saturated heterocycles. The minimum atomic E-state index is -3.69. The Balaban J connectivity index is 1.47. The van der Waals surface area contributed by atoms with Gasteiger partial charge < -0.3 is 20.5 Å². The lowest BCUT2D eigenvalue weighted by molar-refractivity contribution is -0.0884. The third-order valence-corrected chi connectivity index (χ3v) is 6.75. The second-order valence-electron chi connectivity index (χ2n) is 7.42. The Labute approximate surface area is 191 Å². The monoisotopic (exact) mass is 485 g/mol. The minimum Gasteiger partial charge on any atom is -0.394 e. The molecule has 4 N–H and O–H groups in total. The number of anilines is 1. The molecule has 8 nitrogen and oxygen atoms in total. The van der Waals surface area contributed by atoms with E-state index in [2.05, 4.69) is 15.4 Å². The largest absolute Gasteiger partial charge is 0.394 e. The SMILES string of the molecule is O=C(Nc1cccc(F)c1)N[C@H]1CC[C@H](CCNS(=O)(=O)c2cccc(Cl)c2)O[C@H]1CO. The molecule has 11 heteroatoms. The standard InChI is InChI=1S/C21H25ClFN3O5S/c22-14-3-1-6-18(11-14)32(29,30)24-10-9-17-7-8-19(20(13-27)31-17)26-21(28)25-16-5-2-4-15(23)12-16/h1-6,11-12,17,19-20,24,27H,7-10,13H2,(H2,25,26,28)/t17-,19+,20+/m1/s1. The average molecular weight is 486 g/mol. The van der Waals surface area contributed by atoms with Gasteiger partial charge in [0.25, 0.3) is 0 Å². The molecule has 0 aromatic heterocycles. The summed E-state index contributed by atoms with van der Waals surface area (Å²) in [7, 11) is -3.69. The lowest BCUT2D eigenvalue weighted by atomic mass is 9.97. The number of benzene rings is 2. The van der Waals surface area contributed by atoms with Crippen molar-refractivity contribution < 1.29 is 27.4 Å². The Morgan fingerprint density at radius 2 is 1.97 bits per heavy atom. The first-order valence-corrected chi connectivity index (χ1v) is 12.0. The molecule has 1 aliphatic heterocycles. The van der Waals surface area contributed by atoms with Gasteiger partial charge in [0, 0.05) is 17.3 Å². The summed E-state index contributed by atoms with van der Waals surface area (Å²) in [6.07, 6.45) is 0.585. The predicted octanol–water partition coefficient (Wildman–Crippen LogP) is 2.88. The highest BCUT2D eigenvalue weighted by Crippen LogP contribution is 2.22. The van der Waals surface area contributed by atoms with E-state index in [9.17, 15) is 22.7 Å². The number of nitrogens with one attached hydrogen (secondary N) is 3. The number of urea groups is 1. The van der Waals surface area contributed by atoms with Crippen LogP contribution in [0, 0.1) is 5.82 Å². The van der Waals surface area contributed by atoms with Gasteiger partial charge in [-0.2, -0.15) is 0 Å². The third kappa shape index (κ3) is 6.88. The number of hydrogen-bond acceptors (Lipinski definition) is 5. The first-order valence-electron chi connectivity index (χ1n) is 10.1. The molecule has 1 heterocycles. The number of ether oxygens (including phenoxy) is 1. The quantitative estimate of drug-likeness (QED) is 0.458. The van der Waals surface area contributed by atoms with Crippen LogP contribution in [0.1, 0.15) is 19.3 Å². The Hall–Kier alpha value is -2.24. The molecular formula is C21H25ClFN3O5S. The fourth-order valence-corrected chi connectivity index (χ4v) is 4.83. The smallest absolute Gasteiger partial charge is 0.319 e. The number of rotatable bonds is 8. The van der Waals surface area contributed by atoms with Gasteiger partial charge in [0.2, 0.25) is 10.0 Å². The van der Waals surface area contributed by atoms with Crippen molar-refractivity contribution in [2.24, 2.45) is 0 Å². The predicted molar refractivity (Wildman–Crippen MR) is 119 cm³/mol. The molecule has 2 aromatic carbocycles. The van der Waals surface area contributed by atoms with Crippen LogP contribution < -0.4 is 15.4 Å². The van der Waals surface area contributed by atoms with Crippen LogP contribution in [0.3, 0.4) is 0 Å². The molecule has 3 rings (SSSR count). The summed E-state index contributed by atoms with van der Waals surface area (Å²) in [6.45, 7) is -0.161. The van der Waals surface area contributed by atoms with E-state index in [4.69, 9.17) is 16.3 Å². The van der Waals surface area contributed by atoms with E-state index in [1.807, 2.05) is 0 Å². The van der Waals surface area contributed by atoms with Crippen molar-refractivity contribution in [3.63, 3.8) is 0 Å². The van der Waals surface area contributed by atoms with Gasteiger partial charge >= 0.3 is 6.03 Å². The molecule has 1 aliphatic rings. The van der Waals surface area contributed by atoms with E-state index in [1.54, 1.807) is 18.2 Å². The normalized spacial score (nSPS) is 21.2. The fourth-order valence-electron chi connectivity index (χ4n) is 3.48. The summed E-state index contributed by atoms with van der Waals surface area (Å²) >= 11 is 5.85. The van der Waals surface area contributed by atoms with Gasteiger partial charge in [0.05, 0.1) is 23.6 Å². The zero-order valence-electron chi connectivity index (χ0n) is 17.1. The maximum Gasteiger partial charge on any atom is 0.319 e. The molecule has 0 radical (unpaired) electrons. The van der Waals surface area contributed by atoms with Gasteiger partial charge in [-0.3, -0.25) is 0 Å². The van der Waals surface area contributed by atoms with Crippen molar-refractivity contribution in [1.29, 1.82) is 0 Å². The lowest BCUT2D eigenvalue weighted by Gasteiger charge is -2.36. The van der Waals surface area contributed by atoms with Crippen molar-refractivity contribution in [2.75, 3.05) is 18.5 Å². The van der Waals surface area contributed by atoms with Gasteiger partial charge in [0.1, 0.15) is 11.9 Å². The number of carbonyl (C=O) groups excluding carboxylic acids is 1. The number of hydrogen-bond donors (Lipinski definition) is 4. The highest BCUT2D eigenvalue weighted by atomic mass is 35.5. The van der Waals surface area contributed by atoms with E-state index in [-0.39, 0.29) is 24.2 Å². The second kappa shape index (κ2) is 11.1. The molecule has 2 aromatic rings. The molecule has 0 aliphatic carbocycles. The van der Waals surface area contributed by atoms with Gasteiger partial charge in [-0.25, -0.2) is 22.3 Å². The van der Waals surface area contributed by atoms with E-state index in [1.165, 1.54) is 30.3 Å². The van der Waals surface area contributed by atoms with Crippen LogP contribution in [-0.2, 0) is 14.8 Å². The highest BCUT2D eigenvalue weighted by Gasteiger charge is 2.32. The molecule has 0 bridgehead atoms. The maximum atomic E-state index is 13.3. The molecule has 2 amide bonds. The molecule has 0 unspecified atom stereocenters. The maximum absolute atomic E-state index is 13.3. The van der Waals surface area contributed by atoms with Crippen molar-refractivity contribution in [3.8, 4) is 0 Å². The summed E-state index contributed by atoms with van der Waals surface area (Å²) in [5.74, 6) is -0.467. The second-order valence-corrected chi connectivity index (χ2v) is 9.62. The molecule has 0 saturated carbocycles. The highest BCUT2D eigenvalue weighted by molar-refractivity contribution is 7.89. The fraction of sp³-hybridized carbons (Fsp3) is 0.381. The molecule has 1 fully saturated rings. The number of halogens is 2. The van der Waals surface area contributed by atoms with Crippen LogP contribution >= 0.6 is 11.6 Å². The number of amides is 2. The summed E-state index contributed by atoms with van der Waals surface area (Å²) in [5, 5.41) is 15.3. The summed E-state index contributed by atoms with van der Waals surface area (Å²) in [6, 6.07) is 10.5. The average Bonchev–Trinajstić information content (AvgIpc) is 2.74. The van der Waals surface area contributed by atoms with Gasteiger partial charge in [0.15, 0.2) is 0 Å². The molecule has 32 heavy (non-hydrogen) atoms. The lowest BCUT2D eigenvalue weighted by Crippen LogP contribution is -2.52. The topological polar surface area (TPSA) is 117 Å². The summed E-state index contributed by atoms with van der Waals surface area (Å²) < 4.78 is 46.3. The van der Waals surface area contributed by atoms with Crippen molar-refractivity contribution in [1.82, 2.24) is 10.0 Å². The third-order valence-electron chi connectivity index (χ3n) is 5.06. The number of sulfonamides is 1. The van der Waals surface area contributed by atoms with Crippen molar-refractivity contribution >= 4 is 33.3 Å². The number of aliphatic hydroxyl groups is 1. The van der Waals surface area contributed by atoms with Crippen LogP contribution in [-0.4, -0.2) is 51.0 Å². The van der Waals surface area contributed by atoms with E-state index < -0.39 is 34.0 Å².